The summed E-state index contributed by atoms with van der Waals surface area (Å²) in [5, 5.41) is 11.3. The molecule has 6 heteroatoms. The number of aliphatic carboxylic acids is 1. The molecule has 1 amide bonds. The van der Waals surface area contributed by atoms with Crippen molar-refractivity contribution < 1.29 is 19.4 Å². The van der Waals surface area contributed by atoms with E-state index in [1.54, 1.807) is 0 Å². The fourth-order valence-electron chi connectivity index (χ4n) is 1.86. The Hall–Kier alpha value is -2.34. The predicted octanol–water partition coefficient (Wildman–Crippen LogP) is 3.02. The third-order valence-corrected chi connectivity index (χ3v) is 4.14. The topological polar surface area (TPSA) is 75.6 Å². The minimum absolute atomic E-state index is 0.383. The maximum Gasteiger partial charge on any atom is 0.325 e. The van der Waals surface area contributed by atoms with Crippen molar-refractivity contribution in [2.24, 2.45) is 0 Å². The number of nitrogens with one attached hydrogen (secondary N) is 1. The zero-order valence-corrected chi connectivity index (χ0v) is 13.1. The molecule has 0 fully saturated rings. The number of carbonyl (C=O) groups is 2. The first-order valence-electron chi connectivity index (χ1n) is 6.88. The molecule has 0 spiro atoms. The van der Waals surface area contributed by atoms with Crippen molar-refractivity contribution >= 4 is 23.2 Å². The van der Waals surface area contributed by atoms with Crippen LogP contribution in [0.25, 0.3) is 10.4 Å². The maximum absolute atomic E-state index is 12.3. The van der Waals surface area contributed by atoms with Crippen LogP contribution in [-0.4, -0.2) is 29.6 Å². The first-order chi connectivity index (χ1) is 10.5. The van der Waals surface area contributed by atoms with E-state index >= 15 is 0 Å². The highest BCUT2D eigenvalue weighted by Gasteiger charge is 2.21. The summed E-state index contributed by atoms with van der Waals surface area (Å²) in [5.41, 5.74) is 0.985. The number of hydrogen-bond acceptors (Lipinski definition) is 4. The molecule has 0 unspecified atom stereocenters. The van der Waals surface area contributed by atoms with Crippen LogP contribution in [0.4, 0.5) is 0 Å². The molecule has 0 saturated heterocycles. The maximum atomic E-state index is 12.3. The third kappa shape index (κ3) is 3.65. The van der Waals surface area contributed by atoms with Crippen LogP contribution in [0.15, 0.2) is 36.4 Å². The predicted molar refractivity (Wildman–Crippen MR) is 85.5 cm³/mol. The molecule has 0 aliphatic rings. The Morgan fingerprint density at radius 3 is 2.59 bits per heavy atom. The average Bonchev–Trinajstić information content (AvgIpc) is 2.92. The Balaban J connectivity index is 2.31. The van der Waals surface area contributed by atoms with Gasteiger partial charge in [0.15, 0.2) is 0 Å². The molecule has 22 heavy (non-hydrogen) atoms. The largest absolute Gasteiger partial charge is 0.492 e. The quantitative estimate of drug-likeness (QED) is 0.858. The molecule has 0 radical (unpaired) electrons. The van der Waals surface area contributed by atoms with Crippen molar-refractivity contribution in [2.45, 2.75) is 19.9 Å². The van der Waals surface area contributed by atoms with Gasteiger partial charge in [-0.1, -0.05) is 30.3 Å². The van der Waals surface area contributed by atoms with Gasteiger partial charge < -0.3 is 15.2 Å². The number of carboxylic acids is 1. The van der Waals surface area contributed by atoms with Gasteiger partial charge in [0, 0.05) is 4.88 Å². The van der Waals surface area contributed by atoms with Crippen LogP contribution in [0, 0.1) is 0 Å². The second kappa shape index (κ2) is 7.09. The number of carbonyl (C=O) groups excluding carboxylic acids is 1. The second-order valence-corrected chi connectivity index (χ2v) is 5.69. The molecule has 0 bridgehead atoms. The number of carboxylic acid groups (broad SMARTS) is 1. The van der Waals surface area contributed by atoms with Crippen molar-refractivity contribution in [3.8, 4) is 16.2 Å². The highest BCUT2D eigenvalue weighted by atomic mass is 32.1. The SMILES string of the molecule is CCOc1cc(-c2ccccc2)sc1C(=O)N[C@@H](C)C(=O)O. The highest BCUT2D eigenvalue weighted by molar-refractivity contribution is 7.17. The van der Waals surface area contributed by atoms with Gasteiger partial charge in [0.25, 0.3) is 5.91 Å². The summed E-state index contributed by atoms with van der Waals surface area (Å²) in [6.07, 6.45) is 0. The summed E-state index contributed by atoms with van der Waals surface area (Å²) in [6, 6.07) is 10.5. The van der Waals surface area contributed by atoms with Crippen molar-refractivity contribution in [3.05, 3.63) is 41.3 Å². The minimum atomic E-state index is -1.08. The first-order valence-corrected chi connectivity index (χ1v) is 7.70. The molecule has 0 aliphatic carbocycles. The lowest BCUT2D eigenvalue weighted by Gasteiger charge is -2.09. The van der Waals surface area contributed by atoms with Crippen molar-refractivity contribution in [1.29, 1.82) is 0 Å². The lowest BCUT2D eigenvalue weighted by molar-refractivity contribution is -0.138. The molecule has 0 aliphatic heterocycles. The van der Waals surface area contributed by atoms with Crippen molar-refractivity contribution in [2.75, 3.05) is 6.61 Å². The summed E-state index contributed by atoms with van der Waals surface area (Å²) in [4.78, 5) is 24.4. The lowest BCUT2D eigenvalue weighted by atomic mass is 10.2. The van der Waals surface area contributed by atoms with Crippen LogP contribution < -0.4 is 10.1 Å². The zero-order valence-electron chi connectivity index (χ0n) is 12.3. The van der Waals surface area contributed by atoms with Gasteiger partial charge in [-0.25, -0.2) is 0 Å². The molecular formula is C16H17NO4S. The van der Waals surface area contributed by atoms with Gasteiger partial charge in [0.05, 0.1) is 6.61 Å². The van der Waals surface area contributed by atoms with Gasteiger partial charge in [0.2, 0.25) is 0 Å². The standard InChI is InChI=1S/C16H17NO4S/c1-3-21-12-9-13(11-7-5-4-6-8-11)22-14(12)15(18)17-10(2)16(19)20/h4-10H,3H2,1-2H3,(H,17,18)(H,19,20)/t10-/m0/s1. The lowest BCUT2D eigenvalue weighted by Crippen LogP contribution is -2.38. The Morgan fingerprint density at radius 1 is 1.32 bits per heavy atom. The Kier molecular flexibility index (Phi) is 5.16. The smallest absolute Gasteiger partial charge is 0.325 e. The van der Waals surface area contributed by atoms with Crippen LogP contribution in [0.1, 0.15) is 23.5 Å². The monoisotopic (exact) mass is 319 g/mol. The molecule has 116 valence electrons. The van der Waals surface area contributed by atoms with E-state index in [-0.39, 0.29) is 0 Å². The van der Waals surface area contributed by atoms with E-state index < -0.39 is 17.9 Å². The van der Waals surface area contributed by atoms with Gasteiger partial charge in [-0.3, -0.25) is 9.59 Å². The van der Waals surface area contributed by atoms with Crippen LogP contribution in [0.3, 0.4) is 0 Å². The van der Waals surface area contributed by atoms with E-state index in [2.05, 4.69) is 5.32 Å². The molecule has 2 N–H and O–H groups in total. The molecule has 5 nitrogen and oxygen atoms in total. The van der Waals surface area contributed by atoms with Gasteiger partial charge >= 0.3 is 5.97 Å². The van der Waals surface area contributed by atoms with Gasteiger partial charge in [-0.05, 0) is 25.5 Å². The molecule has 2 rings (SSSR count). The molecule has 1 aromatic carbocycles. The average molecular weight is 319 g/mol. The number of rotatable bonds is 6. The summed E-state index contributed by atoms with van der Waals surface area (Å²) < 4.78 is 5.50. The van der Waals surface area contributed by atoms with Crippen molar-refractivity contribution in [1.82, 2.24) is 5.32 Å². The van der Waals surface area contributed by atoms with Crippen LogP contribution in [0.5, 0.6) is 5.75 Å². The number of ether oxygens (including phenoxy) is 1. The minimum Gasteiger partial charge on any atom is -0.492 e. The summed E-state index contributed by atoms with van der Waals surface area (Å²) >= 11 is 1.28. The Morgan fingerprint density at radius 2 is 2.00 bits per heavy atom. The molecule has 2 aromatic rings. The Bertz CT molecular complexity index is 666. The fraction of sp³-hybridized carbons (Fsp3) is 0.250. The van der Waals surface area contributed by atoms with E-state index in [1.807, 2.05) is 43.3 Å². The van der Waals surface area contributed by atoms with Crippen LogP contribution in [-0.2, 0) is 4.79 Å². The van der Waals surface area contributed by atoms with Gasteiger partial charge in [-0.2, -0.15) is 0 Å². The molecule has 0 saturated carbocycles. The van der Waals surface area contributed by atoms with Crippen molar-refractivity contribution in [3.63, 3.8) is 0 Å². The highest BCUT2D eigenvalue weighted by Crippen LogP contribution is 2.36. The third-order valence-electron chi connectivity index (χ3n) is 2.98. The van der Waals surface area contributed by atoms with Gasteiger partial charge in [0.1, 0.15) is 16.7 Å². The fourth-order valence-corrected chi connectivity index (χ4v) is 2.87. The summed E-state index contributed by atoms with van der Waals surface area (Å²) in [5.74, 6) is -1.04. The zero-order chi connectivity index (χ0) is 16.1. The number of thiophene rings is 1. The van der Waals surface area contributed by atoms with E-state index in [4.69, 9.17) is 9.84 Å². The van der Waals surface area contributed by atoms with E-state index in [0.29, 0.717) is 17.2 Å². The van der Waals surface area contributed by atoms with E-state index in [9.17, 15) is 9.59 Å². The summed E-state index contributed by atoms with van der Waals surface area (Å²) in [7, 11) is 0. The first kappa shape index (κ1) is 16.0. The number of amides is 1. The molecule has 1 heterocycles. The second-order valence-electron chi connectivity index (χ2n) is 4.64. The van der Waals surface area contributed by atoms with Crippen LogP contribution >= 0.6 is 11.3 Å². The van der Waals surface area contributed by atoms with Gasteiger partial charge in [-0.15, -0.1) is 11.3 Å². The molecular weight excluding hydrogens is 302 g/mol. The number of hydrogen-bond donors (Lipinski definition) is 2. The normalized spacial score (nSPS) is 11.7. The molecule has 1 atom stereocenters. The molecule has 1 aromatic heterocycles. The van der Waals surface area contributed by atoms with E-state index in [0.717, 1.165) is 10.4 Å². The number of benzene rings is 1. The Labute approximate surface area is 132 Å². The van der Waals surface area contributed by atoms with Crippen LogP contribution in [0.2, 0.25) is 0 Å². The van der Waals surface area contributed by atoms with E-state index in [1.165, 1.54) is 18.3 Å². The summed E-state index contributed by atoms with van der Waals surface area (Å²) in [6.45, 7) is 3.69.